The van der Waals surface area contributed by atoms with Crippen LogP contribution in [0.2, 0.25) is 0 Å². The van der Waals surface area contributed by atoms with Crippen molar-refractivity contribution in [2.75, 3.05) is 27.7 Å². The smallest absolute Gasteiger partial charge is 0.317 e. The van der Waals surface area contributed by atoms with Crippen molar-refractivity contribution in [2.24, 2.45) is 5.92 Å². The molecule has 1 aliphatic carbocycles. The Morgan fingerprint density at radius 3 is 2.71 bits per heavy atom. The van der Waals surface area contributed by atoms with Gasteiger partial charge in [0.25, 0.3) is 0 Å². The van der Waals surface area contributed by atoms with Gasteiger partial charge in [-0.15, -0.1) is 0 Å². The molecular formula is C16H24N4O4. The molecule has 132 valence electrons. The van der Waals surface area contributed by atoms with E-state index in [2.05, 4.69) is 15.6 Å². The molecule has 1 aliphatic rings. The Hall–Kier alpha value is -2.35. The topological polar surface area (TPSA) is 104 Å². The van der Waals surface area contributed by atoms with Crippen molar-refractivity contribution in [3.8, 4) is 5.75 Å². The Morgan fingerprint density at radius 2 is 2.12 bits per heavy atom. The Bertz CT molecular complexity index is 587. The molecule has 1 atom stereocenters. The lowest BCUT2D eigenvalue weighted by atomic mass is 9.75. The van der Waals surface area contributed by atoms with Crippen LogP contribution < -0.4 is 15.4 Å². The first-order valence-corrected chi connectivity index (χ1v) is 7.82. The second kappa shape index (κ2) is 7.96. The molecule has 1 saturated carbocycles. The lowest BCUT2D eigenvalue weighted by Gasteiger charge is -2.38. The number of pyridine rings is 1. The summed E-state index contributed by atoms with van der Waals surface area (Å²) in [7, 11) is 4.76. The van der Waals surface area contributed by atoms with E-state index in [1.165, 1.54) is 4.90 Å². The van der Waals surface area contributed by atoms with E-state index in [4.69, 9.17) is 4.74 Å². The van der Waals surface area contributed by atoms with Gasteiger partial charge >= 0.3 is 6.03 Å². The summed E-state index contributed by atoms with van der Waals surface area (Å²) in [6, 6.07) is 1.21. The van der Waals surface area contributed by atoms with Crippen LogP contribution in [0, 0.1) is 5.92 Å². The standard InChI is InChI=1S/C16H24N4O4/c1-20(2)16(23)18-9-14(22)19-15(10-4-12(21)5-10)11-6-13(24-3)8-17-7-11/h6-8,10,12,15,21H,4-5,9H2,1-3H3,(H,18,23)(H,19,22)/t10?,12?,15-/m1/s1. The molecule has 3 N–H and O–H groups in total. The molecular weight excluding hydrogens is 312 g/mol. The van der Waals surface area contributed by atoms with Gasteiger partial charge in [0.05, 0.1) is 32.0 Å². The van der Waals surface area contributed by atoms with Crippen molar-refractivity contribution < 1.29 is 19.4 Å². The molecule has 0 spiro atoms. The number of nitrogens with zero attached hydrogens (tertiary/aromatic N) is 2. The summed E-state index contributed by atoms with van der Waals surface area (Å²) >= 11 is 0. The predicted octanol–water partition coefficient (Wildman–Crippen LogP) is 0.290. The summed E-state index contributed by atoms with van der Waals surface area (Å²) in [6.07, 6.45) is 4.17. The summed E-state index contributed by atoms with van der Waals surface area (Å²) in [4.78, 5) is 29.2. The Labute approximate surface area is 141 Å². The Morgan fingerprint density at radius 1 is 1.42 bits per heavy atom. The fraction of sp³-hybridized carbons (Fsp3) is 0.562. The minimum atomic E-state index is -0.332. The van der Waals surface area contributed by atoms with Gasteiger partial charge in [-0.25, -0.2) is 4.79 Å². The number of carbonyl (C=O) groups excluding carboxylic acids is 2. The number of ether oxygens (including phenoxy) is 1. The molecule has 1 aromatic heterocycles. The van der Waals surface area contributed by atoms with E-state index in [-0.39, 0.29) is 36.5 Å². The molecule has 0 unspecified atom stereocenters. The van der Waals surface area contributed by atoms with Crippen LogP contribution in [0.5, 0.6) is 5.75 Å². The van der Waals surface area contributed by atoms with Crippen molar-refractivity contribution in [3.63, 3.8) is 0 Å². The molecule has 0 radical (unpaired) electrons. The molecule has 3 amide bonds. The van der Waals surface area contributed by atoms with Crippen LogP contribution in [0.25, 0.3) is 0 Å². The van der Waals surface area contributed by atoms with Crippen molar-refractivity contribution >= 4 is 11.9 Å². The Kier molecular flexibility index (Phi) is 5.97. The average Bonchev–Trinajstić information content (AvgIpc) is 2.54. The van der Waals surface area contributed by atoms with Gasteiger partial charge in [-0.2, -0.15) is 0 Å². The lowest BCUT2D eigenvalue weighted by molar-refractivity contribution is -0.122. The average molecular weight is 336 g/mol. The number of carbonyl (C=O) groups is 2. The number of aliphatic hydroxyl groups is 1. The van der Waals surface area contributed by atoms with Crippen LogP contribution in [0.4, 0.5) is 4.79 Å². The largest absolute Gasteiger partial charge is 0.495 e. The summed E-state index contributed by atoms with van der Waals surface area (Å²) in [5.74, 6) is 0.439. The van der Waals surface area contributed by atoms with Gasteiger partial charge in [0.1, 0.15) is 5.75 Å². The van der Waals surface area contributed by atoms with E-state index < -0.39 is 0 Å². The first-order valence-electron chi connectivity index (χ1n) is 7.82. The number of methoxy groups -OCH3 is 1. The molecule has 1 aromatic rings. The number of hydrogen-bond acceptors (Lipinski definition) is 5. The highest BCUT2D eigenvalue weighted by Gasteiger charge is 2.36. The number of aromatic nitrogens is 1. The van der Waals surface area contributed by atoms with Gasteiger partial charge in [0.15, 0.2) is 0 Å². The van der Waals surface area contributed by atoms with E-state index >= 15 is 0 Å². The number of aliphatic hydroxyl groups excluding tert-OH is 1. The summed E-state index contributed by atoms with van der Waals surface area (Å²) < 4.78 is 5.18. The molecule has 0 saturated heterocycles. The van der Waals surface area contributed by atoms with Gasteiger partial charge in [0.2, 0.25) is 5.91 Å². The summed E-state index contributed by atoms with van der Waals surface area (Å²) in [5, 5.41) is 15.0. The maximum Gasteiger partial charge on any atom is 0.317 e. The third kappa shape index (κ3) is 4.58. The van der Waals surface area contributed by atoms with Crippen molar-refractivity contribution in [3.05, 3.63) is 24.0 Å². The third-order valence-electron chi connectivity index (χ3n) is 4.07. The quantitative estimate of drug-likeness (QED) is 0.693. The molecule has 0 bridgehead atoms. The molecule has 24 heavy (non-hydrogen) atoms. The van der Waals surface area contributed by atoms with Crippen LogP contribution >= 0.6 is 0 Å². The number of nitrogens with one attached hydrogen (secondary N) is 2. The molecule has 1 heterocycles. The number of amides is 3. The molecule has 0 aliphatic heterocycles. The highest BCUT2D eigenvalue weighted by Crippen LogP contribution is 2.38. The minimum Gasteiger partial charge on any atom is -0.495 e. The van der Waals surface area contributed by atoms with Gasteiger partial charge in [0, 0.05) is 20.3 Å². The molecule has 8 heteroatoms. The number of urea groups is 1. The summed E-state index contributed by atoms with van der Waals surface area (Å²) in [5.41, 5.74) is 0.818. The zero-order valence-corrected chi connectivity index (χ0v) is 14.2. The van der Waals surface area contributed by atoms with Crippen molar-refractivity contribution in [2.45, 2.75) is 25.0 Å². The van der Waals surface area contributed by atoms with Crippen LogP contribution in [0.15, 0.2) is 18.5 Å². The fourth-order valence-corrected chi connectivity index (χ4v) is 2.63. The van der Waals surface area contributed by atoms with Crippen molar-refractivity contribution in [1.82, 2.24) is 20.5 Å². The van der Waals surface area contributed by atoms with E-state index in [1.54, 1.807) is 33.6 Å². The SMILES string of the molecule is COc1cncc([C@H](NC(=O)CNC(=O)N(C)C)C2CC(O)C2)c1. The highest BCUT2D eigenvalue weighted by atomic mass is 16.5. The maximum absolute atomic E-state index is 12.2. The van der Waals surface area contributed by atoms with Gasteiger partial charge in [-0.3, -0.25) is 9.78 Å². The Balaban J connectivity index is 2.03. The second-order valence-corrected chi connectivity index (χ2v) is 6.14. The predicted molar refractivity (Wildman–Crippen MR) is 87.5 cm³/mol. The van der Waals surface area contributed by atoms with Crippen LogP contribution in [-0.4, -0.2) is 60.8 Å². The minimum absolute atomic E-state index is 0.111. The lowest BCUT2D eigenvalue weighted by Crippen LogP contribution is -2.46. The first-order chi connectivity index (χ1) is 11.4. The fourth-order valence-electron chi connectivity index (χ4n) is 2.63. The van der Waals surface area contributed by atoms with Crippen molar-refractivity contribution in [1.29, 1.82) is 0 Å². The van der Waals surface area contributed by atoms with E-state index in [9.17, 15) is 14.7 Å². The molecule has 8 nitrogen and oxygen atoms in total. The van der Waals surface area contributed by atoms with Crippen LogP contribution in [0.3, 0.4) is 0 Å². The number of rotatable bonds is 6. The second-order valence-electron chi connectivity index (χ2n) is 6.14. The third-order valence-corrected chi connectivity index (χ3v) is 4.07. The summed E-state index contributed by atoms with van der Waals surface area (Å²) in [6.45, 7) is -0.111. The molecule has 0 aromatic carbocycles. The molecule has 1 fully saturated rings. The molecule has 2 rings (SSSR count). The first kappa shape index (κ1) is 18.0. The zero-order chi connectivity index (χ0) is 17.7. The number of hydrogen-bond donors (Lipinski definition) is 3. The van der Waals surface area contributed by atoms with E-state index in [1.807, 2.05) is 6.07 Å². The van der Waals surface area contributed by atoms with E-state index in [0.29, 0.717) is 18.6 Å². The monoisotopic (exact) mass is 336 g/mol. The zero-order valence-electron chi connectivity index (χ0n) is 14.2. The van der Waals surface area contributed by atoms with Crippen LogP contribution in [0.1, 0.15) is 24.4 Å². The van der Waals surface area contributed by atoms with Gasteiger partial charge in [-0.05, 0) is 30.4 Å². The van der Waals surface area contributed by atoms with Gasteiger partial charge < -0.3 is 25.4 Å². The highest BCUT2D eigenvalue weighted by molar-refractivity contribution is 5.84. The van der Waals surface area contributed by atoms with E-state index in [0.717, 1.165) is 5.56 Å². The van der Waals surface area contributed by atoms with Gasteiger partial charge in [-0.1, -0.05) is 0 Å². The van der Waals surface area contributed by atoms with Crippen LogP contribution in [-0.2, 0) is 4.79 Å². The maximum atomic E-state index is 12.2. The normalized spacial score (nSPS) is 20.5.